The Bertz CT molecular complexity index is 72.7. The molecule has 0 rings (SSSR count). The van der Waals surface area contributed by atoms with Gasteiger partial charge in [0.2, 0.25) is 9.76 Å². The van der Waals surface area contributed by atoms with Crippen molar-refractivity contribution >= 4 is 9.76 Å². The average molecular weight is 156 g/mol. The summed E-state index contributed by atoms with van der Waals surface area (Å²) >= 11 is 0. The molecule has 54 valence electrons. The maximum Gasteiger partial charge on any atom is 0.389 e. The summed E-state index contributed by atoms with van der Waals surface area (Å²) in [6.45, 7) is 0. The molecule has 5 heteroatoms. The normalized spacial score (nSPS) is 12.0. The molecule has 9 heavy (non-hydrogen) atoms. The van der Waals surface area contributed by atoms with E-state index in [1.54, 1.807) is 0 Å². The van der Waals surface area contributed by atoms with Crippen molar-refractivity contribution in [3.8, 4) is 0 Å². The first kappa shape index (κ1) is 8.97. The highest BCUT2D eigenvalue weighted by molar-refractivity contribution is 6.25. The fourth-order valence-electron chi connectivity index (χ4n) is 0.368. The third-order valence-electron chi connectivity index (χ3n) is 0.749. The molecule has 1 N–H and O–H groups in total. The van der Waals surface area contributed by atoms with Crippen LogP contribution in [0.4, 0.5) is 13.2 Å². The first-order valence-electron chi connectivity index (χ1n) is 2.50. The smallest absolute Gasteiger partial charge is 0.389 e. The second-order valence-electron chi connectivity index (χ2n) is 1.63. The minimum Gasteiger partial charge on any atom is -0.432 e. The van der Waals surface area contributed by atoms with Crippen LogP contribution in [0.5, 0.6) is 0 Å². The van der Waals surface area contributed by atoms with Crippen molar-refractivity contribution < 1.29 is 18.0 Å². The highest BCUT2D eigenvalue weighted by atomic mass is 28.2. The first-order valence-corrected chi connectivity index (χ1v) is 3.65. The number of halogens is 3. The Kier molecular flexibility index (Phi) is 3.88. The predicted molar refractivity (Wildman–Crippen MR) is 28.1 cm³/mol. The molecule has 0 aromatic heterocycles. The van der Waals surface area contributed by atoms with E-state index in [4.69, 9.17) is 4.80 Å². The molecule has 0 fully saturated rings. The summed E-state index contributed by atoms with van der Waals surface area (Å²) < 4.78 is 33.9. The lowest BCUT2D eigenvalue weighted by Gasteiger charge is -2.02. The highest BCUT2D eigenvalue weighted by Crippen LogP contribution is 2.21. The Morgan fingerprint density at radius 3 is 2.22 bits per heavy atom. The van der Waals surface area contributed by atoms with Gasteiger partial charge < -0.3 is 4.80 Å². The van der Waals surface area contributed by atoms with Crippen molar-refractivity contribution in [1.82, 2.24) is 0 Å². The van der Waals surface area contributed by atoms with E-state index in [1.807, 2.05) is 0 Å². The number of hydrogen-bond donors (Lipinski definition) is 1. The average Bonchev–Trinajstić information content (AvgIpc) is 1.63. The van der Waals surface area contributed by atoms with Crippen molar-refractivity contribution in [1.29, 1.82) is 0 Å². The van der Waals surface area contributed by atoms with E-state index >= 15 is 0 Å². The van der Waals surface area contributed by atoms with Crippen molar-refractivity contribution in [3.05, 3.63) is 0 Å². The summed E-state index contributed by atoms with van der Waals surface area (Å²) in [5.41, 5.74) is 0. The van der Waals surface area contributed by atoms with E-state index in [-0.39, 0.29) is 22.2 Å². The molecule has 0 aliphatic heterocycles. The largest absolute Gasteiger partial charge is 0.432 e. The van der Waals surface area contributed by atoms with Gasteiger partial charge >= 0.3 is 6.18 Å². The fraction of sp³-hybridized carbons (Fsp3) is 1.00. The molecule has 0 amide bonds. The van der Waals surface area contributed by atoms with Crippen LogP contribution in [0.2, 0.25) is 6.04 Å². The molecule has 0 unspecified atom stereocenters. The van der Waals surface area contributed by atoms with Gasteiger partial charge in [0.1, 0.15) is 0 Å². The topological polar surface area (TPSA) is 20.2 Å². The van der Waals surface area contributed by atoms with Gasteiger partial charge in [-0.05, 0) is 12.5 Å². The van der Waals surface area contributed by atoms with Crippen LogP contribution in [-0.2, 0) is 0 Å². The molecule has 0 heterocycles. The van der Waals surface area contributed by atoms with Crippen LogP contribution in [-0.4, -0.2) is 20.7 Å². The van der Waals surface area contributed by atoms with Crippen LogP contribution in [0.3, 0.4) is 0 Å². The fourth-order valence-corrected chi connectivity index (χ4v) is 0.703. The summed E-state index contributed by atoms with van der Waals surface area (Å²) in [5.74, 6) is 0. The molecule has 0 aliphatic carbocycles. The van der Waals surface area contributed by atoms with Crippen molar-refractivity contribution in [2.75, 3.05) is 0 Å². The lowest BCUT2D eigenvalue weighted by Crippen LogP contribution is -2.06. The summed E-state index contributed by atoms with van der Waals surface area (Å²) in [5, 5.41) is 0. The zero-order valence-corrected chi connectivity index (χ0v) is 5.70. The molecule has 2 radical (unpaired) electrons. The molecule has 0 aromatic rings. The molecular formula is C4H7F3OSi. The second kappa shape index (κ2) is 3.89. The quantitative estimate of drug-likeness (QED) is 0.483. The number of alkyl halides is 3. The first-order chi connectivity index (χ1) is 4.06. The summed E-state index contributed by atoms with van der Waals surface area (Å²) in [6.07, 6.45) is -4.79. The molecule has 0 bridgehead atoms. The van der Waals surface area contributed by atoms with Gasteiger partial charge in [-0.15, -0.1) is 0 Å². The van der Waals surface area contributed by atoms with Crippen LogP contribution in [0.1, 0.15) is 12.8 Å². The van der Waals surface area contributed by atoms with E-state index < -0.39 is 12.6 Å². The van der Waals surface area contributed by atoms with Gasteiger partial charge in [0.25, 0.3) is 0 Å². The SMILES string of the molecule is O[Si]CCCC(F)(F)F. The second-order valence-corrected chi connectivity index (χ2v) is 2.44. The van der Waals surface area contributed by atoms with Gasteiger partial charge in [0.05, 0.1) is 0 Å². The maximum absolute atomic E-state index is 11.3. The standard InChI is InChI=1S/C4H7F3OSi/c5-4(6,7)2-1-3-9-8/h8H,1-3H2. The van der Waals surface area contributed by atoms with Crippen LogP contribution in [0, 0.1) is 0 Å². The molecule has 1 nitrogen and oxygen atoms in total. The Morgan fingerprint density at radius 1 is 1.33 bits per heavy atom. The highest BCUT2D eigenvalue weighted by Gasteiger charge is 2.25. The number of rotatable bonds is 3. The summed E-state index contributed by atoms with van der Waals surface area (Å²) in [6, 6.07) is 0.263. The van der Waals surface area contributed by atoms with E-state index in [2.05, 4.69) is 0 Å². The Hall–Kier alpha value is -0.0331. The molecular weight excluding hydrogens is 149 g/mol. The van der Waals surface area contributed by atoms with Gasteiger partial charge in [0.15, 0.2) is 0 Å². The van der Waals surface area contributed by atoms with Gasteiger partial charge in [0, 0.05) is 6.42 Å². The Morgan fingerprint density at radius 2 is 1.89 bits per heavy atom. The predicted octanol–water partition coefficient (Wildman–Crippen LogP) is 1.36. The van der Waals surface area contributed by atoms with Gasteiger partial charge in [-0.25, -0.2) is 0 Å². The van der Waals surface area contributed by atoms with Crippen molar-refractivity contribution in [2.24, 2.45) is 0 Å². The van der Waals surface area contributed by atoms with E-state index in [9.17, 15) is 13.2 Å². The number of hydrogen-bond acceptors (Lipinski definition) is 1. The minimum absolute atomic E-state index is 0.0401. The molecule has 0 aliphatic rings. The maximum atomic E-state index is 11.3. The van der Waals surface area contributed by atoms with Crippen LogP contribution in [0.25, 0.3) is 0 Å². The van der Waals surface area contributed by atoms with Gasteiger partial charge in [-0.1, -0.05) is 0 Å². The van der Waals surface area contributed by atoms with Crippen LogP contribution < -0.4 is 0 Å². The summed E-state index contributed by atoms with van der Waals surface area (Å²) in [4.78, 5) is 8.12. The molecule has 0 spiro atoms. The minimum atomic E-state index is -4.06. The lowest BCUT2D eigenvalue weighted by molar-refractivity contribution is -0.134. The molecule has 0 saturated heterocycles. The third-order valence-corrected chi connectivity index (χ3v) is 1.33. The zero-order valence-electron chi connectivity index (χ0n) is 4.70. The van der Waals surface area contributed by atoms with E-state index in [1.165, 1.54) is 0 Å². The van der Waals surface area contributed by atoms with E-state index in [0.717, 1.165) is 0 Å². The molecule has 0 atom stereocenters. The van der Waals surface area contributed by atoms with Crippen molar-refractivity contribution in [2.45, 2.75) is 25.1 Å². The third kappa shape index (κ3) is 7.97. The summed E-state index contributed by atoms with van der Waals surface area (Å²) in [7, 11) is -0.356. The Labute approximate surface area is 53.8 Å². The van der Waals surface area contributed by atoms with Gasteiger partial charge in [-0.2, -0.15) is 13.2 Å². The molecule has 0 aromatic carbocycles. The van der Waals surface area contributed by atoms with Crippen molar-refractivity contribution in [3.63, 3.8) is 0 Å². The van der Waals surface area contributed by atoms with Crippen LogP contribution in [0.15, 0.2) is 0 Å². The van der Waals surface area contributed by atoms with Crippen LogP contribution >= 0.6 is 0 Å². The monoisotopic (exact) mass is 156 g/mol. The van der Waals surface area contributed by atoms with E-state index in [0.29, 0.717) is 0 Å². The lowest BCUT2D eigenvalue weighted by atomic mass is 10.3. The zero-order chi connectivity index (χ0) is 7.33. The van der Waals surface area contributed by atoms with Gasteiger partial charge in [-0.3, -0.25) is 0 Å². The Balaban J connectivity index is 3.07. The molecule has 0 saturated carbocycles.